The maximum Gasteiger partial charge on any atom is 0.335 e. The van der Waals surface area contributed by atoms with Gasteiger partial charge in [0.25, 0.3) is 0 Å². The average molecular weight is 317 g/mol. The Bertz CT molecular complexity index is 563. The molecule has 0 aromatic heterocycles. The van der Waals surface area contributed by atoms with Gasteiger partial charge in [0.1, 0.15) is 11.6 Å². The summed E-state index contributed by atoms with van der Waals surface area (Å²) in [6.07, 6.45) is 0. The molecule has 1 amide bonds. The van der Waals surface area contributed by atoms with Gasteiger partial charge in [-0.2, -0.15) is 0 Å². The van der Waals surface area contributed by atoms with Crippen molar-refractivity contribution in [1.29, 1.82) is 0 Å². The summed E-state index contributed by atoms with van der Waals surface area (Å²) in [5.74, 6) is -3.05. The number of carboxylic acid groups (broad SMARTS) is 1. The summed E-state index contributed by atoms with van der Waals surface area (Å²) in [6, 6.07) is 2.69. The number of carboxylic acids is 1. The highest BCUT2D eigenvalue weighted by Gasteiger charge is 2.17. The maximum absolute atomic E-state index is 13.6. The van der Waals surface area contributed by atoms with Crippen LogP contribution in [0.1, 0.15) is 17.3 Å². The number of benzene rings is 1. The molecule has 116 valence electrons. The molecule has 21 heavy (non-hydrogen) atoms. The lowest BCUT2D eigenvalue weighted by Gasteiger charge is -2.12. The lowest BCUT2D eigenvalue weighted by Crippen LogP contribution is -2.38. The van der Waals surface area contributed by atoms with Gasteiger partial charge in [-0.3, -0.25) is 9.00 Å². The molecule has 1 aromatic carbocycles. The Kier molecular flexibility index (Phi) is 6.44. The van der Waals surface area contributed by atoms with Gasteiger partial charge in [-0.05, 0) is 25.1 Å². The third kappa shape index (κ3) is 5.24. The summed E-state index contributed by atoms with van der Waals surface area (Å²) in [5, 5.41) is 11.4. The molecule has 2 N–H and O–H groups in total. The summed E-state index contributed by atoms with van der Waals surface area (Å²) in [4.78, 5) is 22.2. The van der Waals surface area contributed by atoms with Crippen molar-refractivity contribution < 1.29 is 28.0 Å². The van der Waals surface area contributed by atoms with Gasteiger partial charge < -0.3 is 15.2 Å². The average Bonchev–Trinajstić information content (AvgIpc) is 2.38. The molecular weight excluding hydrogens is 301 g/mol. The van der Waals surface area contributed by atoms with E-state index < -0.39 is 34.2 Å². The summed E-state index contributed by atoms with van der Waals surface area (Å²) in [7, 11) is -0.484. The van der Waals surface area contributed by atoms with Crippen molar-refractivity contribution in [3.8, 4) is 0 Å². The number of hydrogen-bond acceptors (Lipinski definition) is 4. The maximum atomic E-state index is 13.6. The van der Waals surface area contributed by atoms with Gasteiger partial charge >= 0.3 is 5.97 Å². The molecule has 2 unspecified atom stereocenters. The first-order valence-electron chi connectivity index (χ1n) is 6.04. The first-order chi connectivity index (χ1) is 9.85. The normalized spacial score (nSPS) is 13.5. The first-order valence-corrected chi connectivity index (χ1v) is 7.36. The number of aromatic carboxylic acids is 1. The number of amides is 1. The molecule has 0 aliphatic carbocycles. The Labute approximate surface area is 123 Å². The molecule has 1 aromatic rings. The van der Waals surface area contributed by atoms with Crippen molar-refractivity contribution in [3.05, 3.63) is 29.6 Å². The minimum atomic E-state index is -1.96. The van der Waals surface area contributed by atoms with Gasteiger partial charge in [-0.15, -0.1) is 0 Å². The summed E-state index contributed by atoms with van der Waals surface area (Å²) in [6.45, 7) is 2.00. The van der Waals surface area contributed by atoms with Crippen LogP contribution >= 0.6 is 0 Å². The number of nitrogens with one attached hydrogen (secondary N) is 1. The van der Waals surface area contributed by atoms with Crippen molar-refractivity contribution in [2.24, 2.45) is 0 Å². The molecule has 1 rings (SSSR count). The predicted octanol–water partition coefficient (Wildman–Crippen LogP) is 0.783. The minimum Gasteiger partial charge on any atom is -0.478 e. The monoisotopic (exact) mass is 317 g/mol. The number of methoxy groups -OCH3 is 1. The van der Waals surface area contributed by atoms with Crippen molar-refractivity contribution in [3.63, 3.8) is 0 Å². The fraction of sp³-hybridized carbons (Fsp3) is 0.385. The van der Waals surface area contributed by atoms with E-state index in [1.165, 1.54) is 7.11 Å². The molecular formula is C13H16FNO5S. The van der Waals surface area contributed by atoms with Crippen LogP contribution in [-0.4, -0.2) is 46.7 Å². The molecule has 0 aliphatic rings. The fourth-order valence-electron chi connectivity index (χ4n) is 1.62. The van der Waals surface area contributed by atoms with Crippen LogP contribution in [0.4, 0.5) is 4.39 Å². The number of rotatable bonds is 7. The number of hydrogen-bond donors (Lipinski definition) is 2. The SMILES string of the molecule is COCC(C)NC(=O)CS(=O)c1cc(C(=O)O)ccc1F. The molecule has 6 nitrogen and oxygen atoms in total. The highest BCUT2D eigenvalue weighted by atomic mass is 32.2. The van der Waals surface area contributed by atoms with Crippen molar-refractivity contribution in [1.82, 2.24) is 5.32 Å². The number of halogens is 1. The van der Waals surface area contributed by atoms with Crippen LogP contribution in [0.25, 0.3) is 0 Å². The second kappa shape index (κ2) is 7.84. The van der Waals surface area contributed by atoms with E-state index in [4.69, 9.17) is 9.84 Å². The summed E-state index contributed by atoms with van der Waals surface area (Å²) >= 11 is 0. The molecule has 0 aliphatic heterocycles. The zero-order valence-electron chi connectivity index (χ0n) is 11.6. The Morgan fingerprint density at radius 2 is 2.14 bits per heavy atom. The molecule has 0 saturated heterocycles. The lowest BCUT2D eigenvalue weighted by atomic mass is 10.2. The van der Waals surface area contributed by atoms with Gasteiger partial charge in [-0.1, -0.05) is 0 Å². The van der Waals surface area contributed by atoms with Crippen molar-refractivity contribution in [2.75, 3.05) is 19.5 Å². The van der Waals surface area contributed by atoms with E-state index in [-0.39, 0.29) is 16.5 Å². The number of carbonyl (C=O) groups excluding carboxylic acids is 1. The molecule has 8 heteroatoms. The lowest BCUT2D eigenvalue weighted by molar-refractivity contribution is -0.119. The molecule has 0 heterocycles. The van der Waals surface area contributed by atoms with E-state index in [0.29, 0.717) is 6.61 Å². The van der Waals surface area contributed by atoms with Crippen LogP contribution in [-0.2, 0) is 20.3 Å². The first kappa shape index (κ1) is 17.3. The standard InChI is InChI=1S/C13H16FNO5S/c1-8(6-20-2)15-12(16)7-21(19)11-5-9(13(17)18)3-4-10(11)14/h3-5,8H,6-7H2,1-2H3,(H,15,16)(H,17,18). The Balaban J connectivity index is 2.77. The van der Waals surface area contributed by atoms with Gasteiger partial charge in [0.15, 0.2) is 0 Å². The van der Waals surface area contributed by atoms with Crippen molar-refractivity contribution >= 4 is 22.7 Å². The van der Waals surface area contributed by atoms with Gasteiger partial charge in [0.05, 0.1) is 27.9 Å². The number of carbonyl (C=O) groups is 2. The third-order valence-electron chi connectivity index (χ3n) is 2.51. The van der Waals surface area contributed by atoms with Crippen LogP contribution in [0.3, 0.4) is 0 Å². The van der Waals surface area contributed by atoms with Crippen LogP contribution in [0, 0.1) is 5.82 Å². The molecule has 2 atom stereocenters. The Morgan fingerprint density at radius 3 is 2.71 bits per heavy atom. The van der Waals surface area contributed by atoms with E-state index in [2.05, 4.69) is 5.32 Å². The van der Waals surface area contributed by atoms with E-state index in [9.17, 15) is 18.2 Å². The zero-order chi connectivity index (χ0) is 16.0. The minimum absolute atomic E-state index is 0.187. The van der Waals surface area contributed by atoms with E-state index in [1.54, 1.807) is 6.92 Å². The summed E-state index contributed by atoms with van der Waals surface area (Å²) in [5.41, 5.74) is -0.187. The number of ether oxygens (including phenoxy) is 1. The van der Waals surface area contributed by atoms with E-state index in [1.807, 2.05) is 0 Å². The summed E-state index contributed by atoms with van der Waals surface area (Å²) < 4.78 is 30.4. The molecule has 0 spiro atoms. The van der Waals surface area contributed by atoms with E-state index >= 15 is 0 Å². The Morgan fingerprint density at radius 1 is 1.48 bits per heavy atom. The van der Waals surface area contributed by atoms with Crippen molar-refractivity contribution in [2.45, 2.75) is 17.9 Å². The van der Waals surface area contributed by atoms with Gasteiger partial charge in [-0.25, -0.2) is 9.18 Å². The molecule has 0 saturated carbocycles. The van der Waals surface area contributed by atoms with E-state index in [0.717, 1.165) is 18.2 Å². The molecule has 0 radical (unpaired) electrons. The topological polar surface area (TPSA) is 92.7 Å². The van der Waals surface area contributed by atoms with Crippen LogP contribution < -0.4 is 5.32 Å². The second-order valence-electron chi connectivity index (χ2n) is 4.36. The van der Waals surface area contributed by atoms with Crippen LogP contribution in [0.2, 0.25) is 0 Å². The zero-order valence-corrected chi connectivity index (χ0v) is 12.4. The molecule has 0 bridgehead atoms. The molecule has 0 fully saturated rings. The van der Waals surface area contributed by atoms with Crippen LogP contribution in [0.5, 0.6) is 0 Å². The fourth-order valence-corrected chi connectivity index (χ4v) is 2.64. The Hall–Kier alpha value is -1.80. The van der Waals surface area contributed by atoms with Gasteiger partial charge in [0.2, 0.25) is 5.91 Å². The predicted molar refractivity (Wildman–Crippen MR) is 74.1 cm³/mol. The largest absolute Gasteiger partial charge is 0.478 e. The third-order valence-corrected chi connectivity index (χ3v) is 3.84. The highest BCUT2D eigenvalue weighted by molar-refractivity contribution is 7.85. The quantitative estimate of drug-likeness (QED) is 0.775. The van der Waals surface area contributed by atoms with Crippen LogP contribution in [0.15, 0.2) is 23.1 Å². The van der Waals surface area contributed by atoms with Gasteiger partial charge in [0, 0.05) is 13.2 Å². The second-order valence-corrected chi connectivity index (χ2v) is 5.78. The highest BCUT2D eigenvalue weighted by Crippen LogP contribution is 2.15. The smallest absolute Gasteiger partial charge is 0.335 e.